The van der Waals surface area contributed by atoms with Crippen LogP contribution in [0.5, 0.6) is 0 Å². The van der Waals surface area contributed by atoms with Gasteiger partial charge in [-0.25, -0.2) is 9.97 Å². The van der Waals surface area contributed by atoms with E-state index >= 15 is 0 Å². The van der Waals surface area contributed by atoms with Crippen LogP contribution in [0, 0.1) is 0 Å². The monoisotopic (exact) mass is 664 g/mol. The lowest BCUT2D eigenvalue weighted by Crippen LogP contribution is -1.96. The molecule has 0 amide bonds. The number of rotatable bonds is 4. The van der Waals surface area contributed by atoms with Crippen LogP contribution >= 0.6 is 0 Å². The highest BCUT2D eigenvalue weighted by molar-refractivity contribution is 6.24. The molecule has 0 atom stereocenters. The largest absolute Gasteiger partial charge is 0.456 e. The van der Waals surface area contributed by atoms with Crippen molar-refractivity contribution in [2.45, 2.75) is 0 Å². The summed E-state index contributed by atoms with van der Waals surface area (Å²) in [5, 5.41) is 9.15. The smallest absolute Gasteiger partial charge is 0.160 e. The fourth-order valence-electron chi connectivity index (χ4n) is 7.74. The summed E-state index contributed by atoms with van der Waals surface area (Å²) in [6, 6.07) is 59.0. The van der Waals surface area contributed by atoms with Gasteiger partial charge in [-0.05, 0) is 52.1 Å². The van der Waals surface area contributed by atoms with Gasteiger partial charge in [-0.1, -0.05) is 140 Å². The Morgan fingerprint density at radius 3 is 1.83 bits per heavy atom. The number of para-hydroxylation sites is 2. The van der Waals surface area contributed by atoms with Crippen LogP contribution in [0.25, 0.3) is 110 Å². The first-order chi connectivity index (χ1) is 25.7. The zero-order valence-corrected chi connectivity index (χ0v) is 27.9. The highest BCUT2D eigenvalue weighted by atomic mass is 16.3. The summed E-state index contributed by atoms with van der Waals surface area (Å²) < 4.78 is 13.1. The quantitative estimate of drug-likeness (QED) is 0.176. The number of aromatic nitrogens is 2. The van der Waals surface area contributed by atoms with Gasteiger partial charge in [-0.2, -0.15) is 0 Å². The number of benzene rings is 8. The van der Waals surface area contributed by atoms with E-state index in [1.807, 2.05) is 42.5 Å². The minimum absolute atomic E-state index is 0.648. The molecule has 8 aromatic carbocycles. The van der Waals surface area contributed by atoms with Crippen molar-refractivity contribution in [3.63, 3.8) is 0 Å². The van der Waals surface area contributed by atoms with E-state index in [1.54, 1.807) is 0 Å². The van der Waals surface area contributed by atoms with E-state index in [1.165, 1.54) is 16.2 Å². The summed E-state index contributed by atoms with van der Waals surface area (Å²) in [6.45, 7) is 0. The van der Waals surface area contributed by atoms with Gasteiger partial charge in [-0.15, -0.1) is 0 Å². The first-order valence-corrected chi connectivity index (χ1v) is 17.5. The van der Waals surface area contributed by atoms with Crippen LogP contribution in [0.4, 0.5) is 0 Å². The summed E-state index contributed by atoms with van der Waals surface area (Å²) >= 11 is 0. The second-order valence-corrected chi connectivity index (χ2v) is 13.3. The third-order valence-electron chi connectivity index (χ3n) is 10.3. The Morgan fingerprint density at radius 2 is 0.962 bits per heavy atom. The van der Waals surface area contributed by atoms with Crippen molar-refractivity contribution < 1.29 is 8.83 Å². The second-order valence-electron chi connectivity index (χ2n) is 13.3. The molecule has 0 aliphatic carbocycles. The van der Waals surface area contributed by atoms with E-state index in [0.29, 0.717) is 5.82 Å². The molecule has 0 aliphatic rings. The average Bonchev–Trinajstić information content (AvgIpc) is 3.79. The molecule has 0 radical (unpaired) electrons. The van der Waals surface area contributed by atoms with Gasteiger partial charge in [0, 0.05) is 49.2 Å². The number of fused-ring (bicyclic) bond motifs is 10. The van der Waals surface area contributed by atoms with Crippen molar-refractivity contribution in [1.82, 2.24) is 9.97 Å². The van der Waals surface area contributed by atoms with E-state index in [0.717, 1.165) is 88.5 Å². The van der Waals surface area contributed by atoms with Crippen LogP contribution in [-0.4, -0.2) is 9.97 Å². The standard InChI is InChI=1S/C48H28N2O2/c1-2-10-31(11-3-1)41-28-42(50-48(49-41)34-24-25-38-37-13-6-7-16-43(37)51-44(38)27-34)32-20-17-30(18-21-32)36-14-8-15-39-40-26-23-33-22-19-29-9-4-5-12-35(29)45(33)47(40)52-46(36)39/h1-28H. The molecule has 0 N–H and O–H groups in total. The van der Waals surface area contributed by atoms with Crippen molar-refractivity contribution in [3.8, 4) is 45.0 Å². The van der Waals surface area contributed by atoms with Gasteiger partial charge in [0.25, 0.3) is 0 Å². The van der Waals surface area contributed by atoms with Crippen LogP contribution in [0.2, 0.25) is 0 Å². The Morgan fingerprint density at radius 1 is 0.346 bits per heavy atom. The minimum atomic E-state index is 0.648. The molecule has 0 spiro atoms. The van der Waals surface area contributed by atoms with Crippen LogP contribution in [0.1, 0.15) is 0 Å². The van der Waals surface area contributed by atoms with Crippen LogP contribution in [0.15, 0.2) is 179 Å². The van der Waals surface area contributed by atoms with Gasteiger partial charge in [0.1, 0.15) is 22.3 Å². The van der Waals surface area contributed by atoms with Gasteiger partial charge in [0.15, 0.2) is 5.82 Å². The predicted molar refractivity (Wildman–Crippen MR) is 213 cm³/mol. The summed E-state index contributed by atoms with van der Waals surface area (Å²) in [6.07, 6.45) is 0. The molecule has 242 valence electrons. The minimum Gasteiger partial charge on any atom is -0.456 e. The Balaban J connectivity index is 1.03. The summed E-state index contributed by atoms with van der Waals surface area (Å²) in [7, 11) is 0. The topological polar surface area (TPSA) is 52.1 Å². The lowest BCUT2D eigenvalue weighted by molar-refractivity contribution is 0.669. The van der Waals surface area contributed by atoms with Crippen LogP contribution in [-0.2, 0) is 0 Å². The van der Waals surface area contributed by atoms with Crippen molar-refractivity contribution in [2.24, 2.45) is 0 Å². The predicted octanol–water partition coefficient (Wildman–Crippen LogP) is 13.2. The first kappa shape index (κ1) is 28.8. The Kier molecular flexibility index (Phi) is 6.22. The molecule has 11 aromatic rings. The lowest BCUT2D eigenvalue weighted by Gasteiger charge is -2.10. The van der Waals surface area contributed by atoms with Crippen LogP contribution in [0.3, 0.4) is 0 Å². The molecule has 4 heteroatoms. The molecule has 0 fully saturated rings. The Bertz CT molecular complexity index is 3170. The van der Waals surface area contributed by atoms with Crippen molar-refractivity contribution >= 4 is 65.4 Å². The fraction of sp³-hybridized carbons (Fsp3) is 0. The number of nitrogens with zero attached hydrogens (tertiary/aromatic N) is 2. The van der Waals surface area contributed by atoms with Crippen LogP contribution < -0.4 is 0 Å². The molecular formula is C48H28N2O2. The second kappa shape index (κ2) is 11.2. The first-order valence-electron chi connectivity index (χ1n) is 17.5. The van der Waals surface area contributed by atoms with Gasteiger partial charge in [0.05, 0.1) is 11.4 Å². The maximum absolute atomic E-state index is 6.83. The fourth-order valence-corrected chi connectivity index (χ4v) is 7.74. The van der Waals surface area contributed by atoms with Gasteiger partial charge < -0.3 is 8.83 Å². The Hall–Kier alpha value is -7.04. The van der Waals surface area contributed by atoms with Gasteiger partial charge in [-0.3, -0.25) is 0 Å². The lowest BCUT2D eigenvalue weighted by atomic mass is 9.98. The molecule has 3 aromatic heterocycles. The van der Waals surface area contributed by atoms with Crippen molar-refractivity contribution in [3.05, 3.63) is 170 Å². The number of hydrogen-bond acceptors (Lipinski definition) is 4. The maximum Gasteiger partial charge on any atom is 0.160 e. The summed E-state index contributed by atoms with van der Waals surface area (Å²) in [4.78, 5) is 10.2. The van der Waals surface area contributed by atoms with E-state index in [9.17, 15) is 0 Å². The van der Waals surface area contributed by atoms with Gasteiger partial charge >= 0.3 is 0 Å². The summed E-state index contributed by atoms with van der Waals surface area (Å²) in [5.74, 6) is 0.648. The highest BCUT2D eigenvalue weighted by Crippen LogP contribution is 2.41. The zero-order valence-electron chi connectivity index (χ0n) is 27.9. The molecular weight excluding hydrogens is 637 g/mol. The number of furan rings is 2. The highest BCUT2D eigenvalue weighted by Gasteiger charge is 2.17. The van der Waals surface area contributed by atoms with E-state index < -0.39 is 0 Å². The van der Waals surface area contributed by atoms with E-state index in [4.69, 9.17) is 18.8 Å². The van der Waals surface area contributed by atoms with E-state index in [-0.39, 0.29) is 0 Å². The molecule has 0 bridgehead atoms. The maximum atomic E-state index is 6.83. The molecule has 3 heterocycles. The summed E-state index contributed by atoms with van der Waals surface area (Å²) in [5.41, 5.74) is 10.3. The Labute approximate surface area is 298 Å². The normalized spacial score (nSPS) is 11.8. The van der Waals surface area contributed by atoms with Crippen molar-refractivity contribution in [2.75, 3.05) is 0 Å². The third kappa shape index (κ3) is 4.48. The molecule has 11 rings (SSSR count). The van der Waals surface area contributed by atoms with Gasteiger partial charge in [0.2, 0.25) is 0 Å². The SMILES string of the molecule is c1ccc(-c2cc(-c3ccc(-c4cccc5c4oc4c5ccc5ccc6ccccc6c54)cc3)nc(-c3ccc4c(c3)oc3ccccc34)n2)cc1. The molecule has 4 nitrogen and oxygen atoms in total. The molecule has 0 unspecified atom stereocenters. The zero-order chi connectivity index (χ0) is 34.2. The molecule has 0 saturated carbocycles. The van der Waals surface area contributed by atoms with Crippen molar-refractivity contribution in [1.29, 1.82) is 0 Å². The average molecular weight is 665 g/mol. The molecule has 52 heavy (non-hydrogen) atoms. The molecule has 0 saturated heterocycles. The molecule has 0 aliphatic heterocycles. The number of hydrogen-bond donors (Lipinski definition) is 0. The van der Waals surface area contributed by atoms with E-state index in [2.05, 4.69) is 127 Å². The third-order valence-corrected chi connectivity index (χ3v) is 10.3.